The van der Waals surface area contributed by atoms with Gasteiger partial charge >= 0.3 is 0 Å². The predicted octanol–water partition coefficient (Wildman–Crippen LogP) is 3.38. The first-order valence-corrected chi connectivity index (χ1v) is 8.89. The van der Waals surface area contributed by atoms with E-state index < -0.39 is 0 Å². The molecular weight excluding hydrogens is 322 g/mol. The van der Waals surface area contributed by atoms with E-state index >= 15 is 0 Å². The number of methoxy groups -OCH3 is 2. The molecule has 0 atom stereocenters. The van der Waals surface area contributed by atoms with Crippen molar-refractivity contribution in [3.8, 4) is 11.5 Å². The predicted molar refractivity (Wildman–Crippen MR) is 95.8 cm³/mol. The van der Waals surface area contributed by atoms with Crippen molar-refractivity contribution in [2.24, 2.45) is 0 Å². The smallest absolute Gasteiger partial charge is 0.233 e. The Labute approximate surface area is 146 Å². The third-order valence-corrected chi connectivity index (χ3v) is 5.18. The Morgan fingerprint density at radius 3 is 2.58 bits per heavy atom. The number of thioether (sulfide) groups is 1. The van der Waals surface area contributed by atoms with Crippen molar-refractivity contribution in [2.75, 3.05) is 26.5 Å². The lowest BCUT2D eigenvalue weighted by Crippen LogP contribution is -2.37. The number of amides is 1. The molecule has 3 rings (SSSR count). The molecule has 2 aromatic rings. The van der Waals surface area contributed by atoms with Crippen LogP contribution in [0.5, 0.6) is 11.5 Å². The summed E-state index contributed by atoms with van der Waals surface area (Å²) in [6.07, 6.45) is 0.933. The van der Waals surface area contributed by atoms with Gasteiger partial charge in [-0.25, -0.2) is 0 Å². The summed E-state index contributed by atoms with van der Waals surface area (Å²) in [6.45, 7) is 1.50. The zero-order valence-electron chi connectivity index (χ0n) is 14.0. The molecule has 0 radical (unpaired) electrons. The number of hydrogen-bond acceptors (Lipinski definition) is 4. The van der Waals surface area contributed by atoms with Gasteiger partial charge in [0.25, 0.3) is 0 Å². The van der Waals surface area contributed by atoms with E-state index in [4.69, 9.17) is 9.47 Å². The van der Waals surface area contributed by atoms with Gasteiger partial charge in [-0.1, -0.05) is 24.3 Å². The first-order valence-electron chi connectivity index (χ1n) is 7.90. The van der Waals surface area contributed by atoms with Gasteiger partial charge in [-0.3, -0.25) is 4.79 Å². The van der Waals surface area contributed by atoms with Crippen LogP contribution in [-0.2, 0) is 17.8 Å². The molecule has 0 aromatic heterocycles. The maximum atomic E-state index is 12.5. The van der Waals surface area contributed by atoms with Gasteiger partial charge in [0, 0.05) is 18.0 Å². The molecule has 0 unspecified atom stereocenters. The molecule has 2 aromatic carbocycles. The van der Waals surface area contributed by atoms with Gasteiger partial charge in [0.1, 0.15) is 0 Å². The molecule has 0 bridgehead atoms. The van der Waals surface area contributed by atoms with Crippen molar-refractivity contribution in [3.63, 3.8) is 0 Å². The molecule has 0 aliphatic carbocycles. The number of nitrogens with zero attached hydrogens (tertiary/aromatic N) is 1. The Balaban J connectivity index is 1.60. The Morgan fingerprint density at radius 2 is 1.83 bits per heavy atom. The summed E-state index contributed by atoms with van der Waals surface area (Å²) in [5.41, 5.74) is 2.61. The van der Waals surface area contributed by atoms with Crippen molar-refractivity contribution in [3.05, 3.63) is 53.6 Å². The highest BCUT2D eigenvalue weighted by Gasteiger charge is 2.20. The van der Waals surface area contributed by atoms with E-state index in [0.29, 0.717) is 23.8 Å². The van der Waals surface area contributed by atoms with Gasteiger partial charge in [-0.15, -0.1) is 11.8 Å². The van der Waals surface area contributed by atoms with E-state index in [2.05, 4.69) is 18.2 Å². The molecule has 0 spiro atoms. The van der Waals surface area contributed by atoms with E-state index in [9.17, 15) is 4.79 Å². The fraction of sp³-hybridized carbons (Fsp3) is 0.316. The van der Waals surface area contributed by atoms with Crippen LogP contribution in [-0.4, -0.2) is 37.3 Å². The maximum Gasteiger partial charge on any atom is 0.233 e. The molecule has 0 fully saturated rings. The third-order valence-electron chi connectivity index (χ3n) is 4.20. The highest BCUT2D eigenvalue weighted by molar-refractivity contribution is 8.00. The van der Waals surface area contributed by atoms with E-state index in [0.717, 1.165) is 17.9 Å². The minimum Gasteiger partial charge on any atom is -0.493 e. The molecule has 1 aliphatic rings. The molecule has 1 heterocycles. The summed E-state index contributed by atoms with van der Waals surface area (Å²) in [5, 5.41) is 0. The lowest BCUT2D eigenvalue weighted by atomic mass is 10.00. The normalized spacial score (nSPS) is 13.3. The highest BCUT2D eigenvalue weighted by Crippen LogP contribution is 2.32. The minimum atomic E-state index is 0.171. The zero-order valence-corrected chi connectivity index (χ0v) is 14.8. The summed E-state index contributed by atoms with van der Waals surface area (Å²) in [7, 11) is 3.23. The fourth-order valence-corrected chi connectivity index (χ4v) is 3.68. The standard InChI is InChI=1S/C19H21NO3S/c1-22-17-8-7-16(11-18(17)23-2)24-13-19(21)20-10-9-14-5-3-4-6-15(14)12-20/h3-8,11H,9-10,12-13H2,1-2H3. The number of rotatable bonds is 5. The molecule has 126 valence electrons. The van der Waals surface area contributed by atoms with Gasteiger partial charge in [0.15, 0.2) is 11.5 Å². The minimum absolute atomic E-state index is 0.171. The van der Waals surface area contributed by atoms with Crippen molar-refractivity contribution < 1.29 is 14.3 Å². The first kappa shape index (κ1) is 16.7. The topological polar surface area (TPSA) is 38.8 Å². The lowest BCUT2D eigenvalue weighted by molar-refractivity contribution is -0.129. The Bertz CT molecular complexity index is 732. The molecule has 0 saturated heterocycles. The SMILES string of the molecule is COc1ccc(SCC(=O)N2CCc3ccccc3C2)cc1OC. The third kappa shape index (κ3) is 3.67. The summed E-state index contributed by atoms with van der Waals surface area (Å²) < 4.78 is 10.5. The number of hydrogen-bond donors (Lipinski definition) is 0. The fourth-order valence-electron chi connectivity index (χ4n) is 2.85. The van der Waals surface area contributed by atoms with Crippen LogP contribution in [0.15, 0.2) is 47.4 Å². The first-order chi connectivity index (χ1) is 11.7. The Kier molecular flexibility index (Phi) is 5.30. The lowest BCUT2D eigenvalue weighted by Gasteiger charge is -2.28. The molecule has 1 amide bonds. The van der Waals surface area contributed by atoms with Crippen LogP contribution in [0.2, 0.25) is 0 Å². The second-order valence-corrected chi connectivity index (χ2v) is 6.69. The summed E-state index contributed by atoms with van der Waals surface area (Å²) in [4.78, 5) is 15.4. The second kappa shape index (κ2) is 7.62. The van der Waals surface area contributed by atoms with Crippen molar-refractivity contribution >= 4 is 17.7 Å². The van der Waals surface area contributed by atoms with Gasteiger partial charge < -0.3 is 14.4 Å². The number of ether oxygens (including phenoxy) is 2. The molecule has 0 N–H and O–H groups in total. The van der Waals surface area contributed by atoms with Crippen molar-refractivity contribution in [2.45, 2.75) is 17.9 Å². The van der Waals surface area contributed by atoms with E-state index in [1.807, 2.05) is 29.2 Å². The molecule has 1 aliphatic heterocycles. The van der Waals surface area contributed by atoms with Crippen LogP contribution in [0, 0.1) is 0 Å². The largest absolute Gasteiger partial charge is 0.493 e. The van der Waals surface area contributed by atoms with Gasteiger partial charge in [0.2, 0.25) is 5.91 Å². The summed E-state index contributed by atoms with van der Waals surface area (Å²) >= 11 is 1.53. The van der Waals surface area contributed by atoms with E-state index in [1.165, 1.54) is 22.9 Å². The second-order valence-electron chi connectivity index (χ2n) is 5.64. The quantitative estimate of drug-likeness (QED) is 0.780. The van der Waals surface area contributed by atoms with Gasteiger partial charge in [-0.05, 0) is 35.7 Å². The average molecular weight is 343 g/mol. The van der Waals surface area contributed by atoms with Crippen LogP contribution in [0.3, 0.4) is 0 Å². The van der Waals surface area contributed by atoms with Crippen molar-refractivity contribution in [1.82, 2.24) is 4.90 Å². The highest BCUT2D eigenvalue weighted by atomic mass is 32.2. The van der Waals surface area contributed by atoms with E-state index in [1.54, 1.807) is 14.2 Å². The Morgan fingerprint density at radius 1 is 1.08 bits per heavy atom. The van der Waals surface area contributed by atoms with Crippen LogP contribution in [0.1, 0.15) is 11.1 Å². The number of carbonyl (C=O) groups excluding carboxylic acids is 1. The molecule has 0 saturated carbocycles. The Hall–Kier alpha value is -2.14. The molecule has 24 heavy (non-hydrogen) atoms. The average Bonchev–Trinajstić information content (AvgIpc) is 2.65. The molecular formula is C19H21NO3S. The van der Waals surface area contributed by atoms with Crippen LogP contribution in [0.4, 0.5) is 0 Å². The molecule has 4 nitrogen and oxygen atoms in total. The van der Waals surface area contributed by atoms with Crippen LogP contribution in [0.25, 0.3) is 0 Å². The number of fused-ring (bicyclic) bond motifs is 1. The van der Waals surface area contributed by atoms with Gasteiger partial charge in [-0.2, -0.15) is 0 Å². The summed E-state index contributed by atoms with van der Waals surface area (Å²) in [5.74, 6) is 1.98. The monoisotopic (exact) mass is 343 g/mol. The molecule has 5 heteroatoms. The maximum absolute atomic E-state index is 12.5. The van der Waals surface area contributed by atoms with Crippen molar-refractivity contribution in [1.29, 1.82) is 0 Å². The van der Waals surface area contributed by atoms with Gasteiger partial charge in [0.05, 0.1) is 20.0 Å². The van der Waals surface area contributed by atoms with Crippen LogP contribution >= 0.6 is 11.8 Å². The number of carbonyl (C=O) groups is 1. The number of benzene rings is 2. The summed E-state index contributed by atoms with van der Waals surface area (Å²) in [6, 6.07) is 14.1. The van der Waals surface area contributed by atoms with Crippen LogP contribution < -0.4 is 9.47 Å². The zero-order chi connectivity index (χ0) is 16.9. The van der Waals surface area contributed by atoms with E-state index in [-0.39, 0.29) is 5.91 Å².